The molecule has 1 rings (SSSR count). The molecule has 4 heteroatoms. The zero-order chi connectivity index (χ0) is 9.14. The highest BCUT2D eigenvalue weighted by Gasteiger charge is 2.15. The van der Waals surface area contributed by atoms with Gasteiger partial charge in [0.2, 0.25) is 6.43 Å². The molecule has 1 aromatic rings. The Hall–Kier alpha value is -0.900. The first-order chi connectivity index (χ1) is 5.59. The summed E-state index contributed by atoms with van der Waals surface area (Å²) in [6, 6.07) is 2.64. The van der Waals surface area contributed by atoms with Gasteiger partial charge in [-0.2, -0.15) is 0 Å². The Morgan fingerprint density at radius 1 is 1.50 bits per heavy atom. The minimum absolute atomic E-state index is 0.354. The van der Waals surface area contributed by atoms with Gasteiger partial charge in [-0.3, -0.25) is 0 Å². The maximum atomic E-state index is 11.9. The first-order valence-electron chi connectivity index (χ1n) is 3.69. The van der Waals surface area contributed by atoms with Crippen LogP contribution < -0.4 is 5.73 Å². The van der Waals surface area contributed by atoms with Gasteiger partial charge < -0.3 is 10.2 Å². The van der Waals surface area contributed by atoms with Gasteiger partial charge in [0.05, 0.1) is 6.04 Å². The Morgan fingerprint density at radius 3 is 2.58 bits per heavy atom. The molecule has 0 fully saturated rings. The van der Waals surface area contributed by atoms with Crippen LogP contribution in [-0.2, 0) is 0 Å². The molecule has 0 aliphatic carbocycles. The second-order valence-electron chi connectivity index (χ2n) is 2.68. The van der Waals surface area contributed by atoms with Gasteiger partial charge >= 0.3 is 0 Å². The van der Waals surface area contributed by atoms with Gasteiger partial charge in [0.1, 0.15) is 11.5 Å². The lowest BCUT2D eigenvalue weighted by Gasteiger charge is -2.06. The highest BCUT2D eigenvalue weighted by atomic mass is 19.3. The molecule has 0 aliphatic rings. The number of hydrogen-bond donors (Lipinski definition) is 1. The van der Waals surface area contributed by atoms with Gasteiger partial charge in [-0.1, -0.05) is 0 Å². The third-order valence-corrected chi connectivity index (χ3v) is 1.56. The van der Waals surface area contributed by atoms with E-state index in [4.69, 9.17) is 10.2 Å². The first kappa shape index (κ1) is 9.19. The fraction of sp³-hybridized carbons (Fsp3) is 0.500. The fourth-order valence-corrected chi connectivity index (χ4v) is 0.961. The van der Waals surface area contributed by atoms with Crippen LogP contribution in [0.1, 0.15) is 24.0 Å². The number of furan rings is 1. The summed E-state index contributed by atoms with van der Waals surface area (Å²) >= 11 is 0. The van der Waals surface area contributed by atoms with Crippen molar-refractivity contribution in [3.05, 3.63) is 23.7 Å². The van der Waals surface area contributed by atoms with Crippen LogP contribution in [0.4, 0.5) is 8.78 Å². The normalized spacial score (nSPS) is 13.8. The number of hydrogen-bond acceptors (Lipinski definition) is 2. The number of rotatable bonds is 3. The van der Waals surface area contributed by atoms with Crippen LogP contribution in [0.5, 0.6) is 0 Å². The van der Waals surface area contributed by atoms with E-state index < -0.39 is 12.5 Å². The second-order valence-corrected chi connectivity index (χ2v) is 2.68. The Labute approximate surface area is 69.4 Å². The Bertz CT molecular complexity index is 247. The molecule has 2 nitrogen and oxygen atoms in total. The first-order valence-corrected chi connectivity index (χ1v) is 3.69. The predicted octanol–water partition coefficient (Wildman–Crippen LogP) is 2.24. The van der Waals surface area contributed by atoms with Crippen LogP contribution in [0, 0.1) is 6.92 Å². The molecule has 12 heavy (non-hydrogen) atoms. The average Bonchev–Trinajstić information content (AvgIpc) is 2.34. The summed E-state index contributed by atoms with van der Waals surface area (Å²) in [5.74, 6) is 1.11. The minimum Gasteiger partial charge on any atom is -0.465 e. The third-order valence-electron chi connectivity index (χ3n) is 1.56. The van der Waals surface area contributed by atoms with E-state index in [1.54, 1.807) is 19.1 Å². The van der Waals surface area contributed by atoms with Gasteiger partial charge in [-0.15, -0.1) is 0 Å². The van der Waals surface area contributed by atoms with Crippen molar-refractivity contribution in [2.24, 2.45) is 5.73 Å². The van der Waals surface area contributed by atoms with Crippen molar-refractivity contribution in [1.82, 2.24) is 0 Å². The van der Waals surface area contributed by atoms with Crippen molar-refractivity contribution in [3.63, 3.8) is 0 Å². The molecule has 0 spiro atoms. The summed E-state index contributed by atoms with van der Waals surface area (Å²) in [6.45, 7) is 1.75. The molecule has 68 valence electrons. The van der Waals surface area contributed by atoms with Crippen molar-refractivity contribution in [2.75, 3.05) is 0 Å². The van der Waals surface area contributed by atoms with Crippen molar-refractivity contribution in [1.29, 1.82) is 0 Å². The maximum absolute atomic E-state index is 11.9. The van der Waals surface area contributed by atoms with Crippen molar-refractivity contribution in [2.45, 2.75) is 25.8 Å². The lowest BCUT2D eigenvalue weighted by atomic mass is 10.2. The summed E-state index contributed by atoms with van der Waals surface area (Å²) in [4.78, 5) is 0. The van der Waals surface area contributed by atoms with Crippen molar-refractivity contribution >= 4 is 0 Å². The summed E-state index contributed by atoms with van der Waals surface area (Å²) < 4.78 is 28.8. The monoisotopic (exact) mass is 175 g/mol. The molecule has 1 aromatic heterocycles. The molecule has 0 saturated carbocycles. The fourth-order valence-electron chi connectivity index (χ4n) is 0.961. The lowest BCUT2D eigenvalue weighted by Crippen LogP contribution is -2.12. The zero-order valence-corrected chi connectivity index (χ0v) is 6.76. The summed E-state index contributed by atoms with van der Waals surface area (Å²) in [5.41, 5.74) is 5.44. The smallest absolute Gasteiger partial charge is 0.240 e. The number of alkyl halides is 2. The zero-order valence-electron chi connectivity index (χ0n) is 6.76. The Balaban J connectivity index is 2.58. The van der Waals surface area contributed by atoms with E-state index in [0.29, 0.717) is 11.5 Å². The number of nitrogens with two attached hydrogens (primary N) is 1. The summed E-state index contributed by atoms with van der Waals surface area (Å²) in [6.07, 6.45) is -2.74. The summed E-state index contributed by atoms with van der Waals surface area (Å²) in [7, 11) is 0. The standard InChI is InChI=1S/C8H11F2NO/c1-5-2-3-7(12-5)6(11)4-8(9)10/h2-3,6,8H,4,11H2,1H3/t6-/m1/s1. The largest absolute Gasteiger partial charge is 0.465 e. The molecule has 0 saturated heterocycles. The van der Waals surface area contributed by atoms with Crippen LogP contribution >= 0.6 is 0 Å². The van der Waals surface area contributed by atoms with Gasteiger partial charge in [0.25, 0.3) is 0 Å². The predicted molar refractivity (Wildman–Crippen MR) is 41.0 cm³/mol. The molecular weight excluding hydrogens is 164 g/mol. The molecular formula is C8H11F2NO. The molecule has 0 aliphatic heterocycles. The Kier molecular flexibility index (Phi) is 2.81. The summed E-state index contributed by atoms with van der Waals surface area (Å²) in [5, 5.41) is 0. The highest BCUT2D eigenvalue weighted by Crippen LogP contribution is 2.19. The van der Waals surface area contributed by atoms with Gasteiger partial charge in [0.15, 0.2) is 0 Å². The van der Waals surface area contributed by atoms with E-state index in [9.17, 15) is 8.78 Å². The topological polar surface area (TPSA) is 39.2 Å². The van der Waals surface area contributed by atoms with Gasteiger partial charge in [-0.05, 0) is 19.1 Å². The van der Waals surface area contributed by atoms with E-state index in [2.05, 4.69) is 0 Å². The van der Waals surface area contributed by atoms with Crippen LogP contribution in [-0.4, -0.2) is 6.43 Å². The van der Waals surface area contributed by atoms with Crippen LogP contribution in [0.25, 0.3) is 0 Å². The van der Waals surface area contributed by atoms with Gasteiger partial charge in [0, 0.05) is 6.42 Å². The second kappa shape index (κ2) is 3.67. The molecule has 0 aromatic carbocycles. The van der Waals surface area contributed by atoms with Crippen molar-refractivity contribution < 1.29 is 13.2 Å². The van der Waals surface area contributed by atoms with E-state index >= 15 is 0 Å². The minimum atomic E-state index is -2.38. The number of aryl methyl sites for hydroxylation is 1. The third kappa shape index (κ3) is 2.30. The quantitative estimate of drug-likeness (QED) is 0.765. The Morgan fingerprint density at radius 2 is 2.17 bits per heavy atom. The SMILES string of the molecule is Cc1ccc([C@H](N)CC(F)F)o1. The molecule has 1 heterocycles. The maximum Gasteiger partial charge on any atom is 0.240 e. The number of halogens is 2. The molecule has 2 N–H and O–H groups in total. The molecule has 0 bridgehead atoms. The van der Waals surface area contributed by atoms with E-state index in [1.807, 2.05) is 0 Å². The molecule has 0 amide bonds. The van der Waals surface area contributed by atoms with E-state index in [-0.39, 0.29) is 6.42 Å². The van der Waals surface area contributed by atoms with Gasteiger partial charge in [-0.25, -0.2) is 8.78 Å². The van der Waals surface area contributed by atoms with Crippen LogP contribution in [0.3, 0.4) is 0 Å². The highest BCUT2D eigenvalue weighted by molar-refractivity contribution is 5.09. The van der Waals surface area contributed by atoms with E-state index in [0.717, 1.165) is 0 Å². The van der Waals surface area contributed by atoms with E-state index in [1.165, 1.54) is 0 Å². The molecule has 0 radical (unpaired) electrons. The van der Waals surface area contributed by atoms with Crippen molar-refractivity contribution in [3.8, 4) is 0 Å². The lowest BCUT2D eigenvalue weighted by molar-refractivity contribution is 0.124. The average molecular weight is 175 g/mol. The van der Waals surface area contributed by atoms with Crippen LogP contribution in [0.15, 0.2) is 16.5 Å². The molecule has 0 unspecified atom stereocenters. The molecule has 1 atom stereocenters. The van der Waals surface area contributed by atoms with Crippen LogP contribution in [0.2, 0.25) is 0 Å².